The smallest absolute Gasteiger partial charge is 0.296 e. The molecule has 0 aliphatic carbocycles. The molecule has 0 spiro atoms. The van der Waals surface area contributed by atoms with Crippen LogP contribution in [0.2, 0.25) is 0 Å². The molecule has 11 heavy (non-hydrogen) atoms. The van der Waals surface area contributed by atoms with E-state index in [1.807, 2.05) is 0 Å². The van der Waals surface area contributed by atoms with Gasteiger partial charge in [0.25, 0.3) is 0 Å². The molecule has 0 aliphatic heterocycles. The van der Waals surface area contributed by atoms with Gasteiger partial charge < -0.3 is 0 Å². The van der Waals surface area contributed by atoms with Crippen LogP contribution in [-0.4, -0.2) is 9.72 Å². The number of aryl methyl sites for hydroxylation is 1. The molecule has 4 nitrogen and oxygen atoms in total. The van der Waals surface area contributed by atoms with E-state index in [0.29, 0.717) is 12.4 Å². The number of aromatic nitrogens is 2. The van der Waals surface area contributed by atoms with Crippen molar-refractivity contribution in [2.45, 2.75) is 20.4 Å². The molecule has 0 unspecified atom stereocenters. The van der Waals surface area contributed by atoms with Crippen molar-refractivity contribution >= 4 is 0 Å². The third kappa shape index (κ3) is 1.49. The summed E-state index contributed by atoms with van der Waals surface area (Å²) in [4.78, 5) is 10.8. The average Bonchev–Trinajstić information content (AvgIpc) is 2.29. The Kier molecular flexibility index (Phi) is 2.12. The van der Waals surface area contributed by atoms with Crippen LogP contribution in [0, 0.1) is 18.8 Å². The highest BCUT2D eigenvalue weighted by Crippen LogP contribution is 1.86. The van der Waals surface area contributed by atoms with E-state index >= 15 is 0 Å². The van der Waals surface area contributed by atoms with Crippen molar-refractivity contribution in [3.05, 3.63) is 16.4 Å². The van der Waals surface area contributed by atoms with Crippen LogP contribution >= 0.6 is 0 Å². The van der Waals surface area contributed by atoms with Crippen LogP contribution in [0.4, 0.5) is 0 Å². The number of nitrogens with zero attached hydrogens (tertiary/aromatic N) is 2. The van der Waals surface area contributed by atoms with Gasteiger partial charge in [-0.1, -0.05) is 11.1 Å². The highest BCUT2D eigenvalue weighted by Gasteiger charge is 2.02. The second-order valence-electron chi connectivity index (χ2n) is 2.01. The van der Waals surface area contributed by atoms with Gasteiger partial charge in [0.15, 0.2) is 5.82 Å². The van der Waals surface area contributed by atoms with Crippen molar-refractivity contribution in [2.24, 2.45) is 0 Å². The molecule has 4 heteroatoms. The maximum Gasteiger partial charge on any atom is 0.442 e. The van der Waals surface area contributed by atoms with E-state index in [0.717, 1.165) is 0 Å². The zero-order valence-corrected chi connectivity index (χ0v) is 6.42. The average molecular weight is 152 g/mol. The molecule has 1 rings (SSSR count). The summed E-state index contributed by atoms with van der Waals surface area (Å²) in [6.45, 7) is 3.76. The van der Waals surface area contributed by atoms with Crippen LogP contribution in [0.25, 0.3) is 0 Å². The lowest BCUT2D eigenvalue weighted by molar-refractivity contribution is 0.376. The van der Waals surface area contributed by atoms with E-state index in [9.17, 15) is 4.79 Å². The summed E-state index contributed by atoms with van der Waals surface area (Å²) in [5, 5.41) is 3.48. The van der Waals surface area contributed by atoms with Crippen molar-refractivity contribution in [3.63, 3.8) is 0 Å². The summed E-state index contributed by atoms with van der Waals surface area (Å²) in [5.74, 6) is 5.53. The van der Waals surface area contributed by atoms with Gasteiger partial charge in [-0.3, -0.25) is 4.52 Å². The topological polar surface area (TPSA) is 48.0 Å². The Balaban J connectivity index is 2.98. The molecule has 0 saturated heterocycles. The third-order valence-corrected chi connectivity index (χ3v) is 1.28. The van der Waals surface area contributed by atoms with Gasteiger partial charge in [-0.05, 0) is 13.8 Å². The zero-order chi connectivity index (χ0) is 8.27. The molecule has 58 valence electrons. The second-order valence-corrected chi connectivity index (χ2v) is 2.01. The molecule has 0 atom stereocenters. The molecule has 0 fully saturated rings. The van der Waals surface area contributed by atoms with Crippen LogP contribution in [0.5, 0.6) is 0 Å². The first-order valence-electron chi connectivity index (χ1n) is 3.18. The number of hydrogen-bond donors (Lipinski definition) is 0. The fourth-order valence-electron chi connectivity index (χ4n) is 0.673. The van der Waals surface area contributed by atoms with E-state index in [2.05, 4.69) is 21.5 Å². The molecule has 0 aliphatic rings. The van der Waals surface area contributed by atoms with Gasteiger partial charge in [-0.25, -0.2) is 9.36 Å². The van der Waals surface area contributed by atoms with E-state index in [-0.39, 0.29) is 0 Å². The largest absolute Gasteiger partial charge is 0.442 e. The van der Waals surface area contributed by atoms with Gasteiger partial charge in [0.1, 0.15) is 0 Å². The molecular formula is C7H8N2O2. The summed E-state index contributed by atoms with van der Waals surface area (Å²) in [6.07, 6.45) is 0. The van der Waals surface area contributed by atoms with Crippen molar-refractivity contribution in [3.8, 4) is 11.8 Å². The Hall–Kier alpha value is -1.50. The Morgan fingerprint density at radius 3 is 2.91 bits per heavy atom. The van der Waals surface area contributed by atoms with Crippen molar-refractivity contribution < 1.29 is 4.52 Å². The maximum atomic E-state index is 10.8. The molecule has 0 saturated carbocycles. The normalized spacial score (nSPS) is 8.91. The highest BCUT2D eigenvalue weighted by atomic mass is 16.5. The molecule has 0 aromatic carbocycles. The first-order valence-corrected chi connectivity index (χ1v) is 3.18. The molecule has 1 aromatic heterocycles. The van der Waals surface area contributed by atoms with Crippen LogP contribution < -0.4 is 5.76 Å². The lowest BCUT2D eigenvalue weighted by atomic mass is 10.5. The van der Waals surface area contributed by atoms with Gasteiger partial charge in [0.05, 0.1) is 6.54 Å². The van der Waals surface area contributed by atoms with Crippen LogP contribution in [0.1, 0.15) is 12.7 Å². The fraction of sp³-hybridized carbons (Fsp3) is 0.429. The molecule has 0 N–H and O–H groups in total. The Morgan fingerprint density at radius 2 is 2.45 bits per heavy atom. The number of rotatable bonds is 1. The van der Waals surface area contributed by atoms with Crippen molar-refractivity contribution in [1.29, 1.82) is 0 Å². The summed E-state index contributed by atoms with van der Waals surface area (Å²) in [7, 11) is 0. The number of hydrogen-bond acceptors (Lipinski definition) is 3. The monoisotopic (exact) mass is 152 g/mol. The molecule has 0 bridgehead atoms. The highest BCUT2D eigenvalue weighted by molar-refractivity contribution is 4.97. The lowest BCUT2D eigenvalue weighted by Gasteiger charge is -1.90. The molecule has 1 aromatic rings. The predicted octanol–water partition coefficient (Wildman–Crippen LogP) is 0.168. The minimum atomic E-state index is -0.453. The summed E-state index contributed by atoms with van der Waals surface area (Å²) < 4.78 is 5.75. The van der Waals surface area contributed by atoms with E-state index in [1.165, 1.54) is 4.57 Å². The molecule has 0 amide bonds. The predicted molar refractivity (Wildman–Crippen MR) is 39.0 cm³/mol. The minimum absolute atomic E-state index is 0.352. The van der Waals surface area contributed by atoms with Gasteiger partial charge in [-0.15, -0.1) is 5.92 Å². The SMILES string of the molecule is CC#CCn1c(C)noc1=O. The van der Waals surface area contributed by atoms with Gasteiger partial charge in [0.2, 0.25) is 0 Å². The van der Waals surface area contributed by atoms with E-state index in [1.54, 1.807) is 13.8 Å². The fourth-order valence-corrected chi connectivity index (χ4v) is 0.673. The molecular weight excluding hydrogens is 144 g/mol. The van der Waals surface area contributed by atoms with E-state index < -0.39 is 5.76 Å². The minimum Gasteiger partial charge on any atom is -0.296 e. The van der Waals surface area contributed by atoms with E-state index in [4.69, 9.17) is 0 Å². The van der Waals surface area contributed by atoms with Crippen molar-refractivity contribution in [2.75, 3.05) is 0 Å². The third-order valence-electron chi connectivity index (χ3n) is 1.28. The lowest BCUT2D eigenvalue weighted by Crippen LogP contribution is -2.14. The maximum absolute atomic E-state index is 10.8. The Labute approximate surface area is 63.8 Å². The van der Waals surface area contributed by atoms with Gasteiger partial charge >= 0.3 is 5.76 Å². The quantitative estimate of drug-likeness (QED) is 0.539. The first-order chi connectivity index (χ1) is 5.25. The standard InChI is InChI=1S/C7H8N2O2/c1-3-4-5-9-6(2)8-11-7(9)10/h5H2,1-2H3. The zero-order valence-electron chi connectivity index (χ0n) is 6.42. The Morgan fingerprint density at radius 1 is 1.73 bits per heavy atom. The van der Waals surface area contributed by atoms with Crippen molar-refractivity contribution in [1.82, 2.24) is 9.72 Å². The first kappa shape index (κ1) is 7.61. The van der Waals surface area contributed by atoms with Crippen LogP contribution in [0.3, 0.4) is 0 Å². The Bertz CT molecular complexity index is 350. The van der Waals surface area contributed by atoms with Crippen LogP contribution in [0.15, 0.2) is 9.32 Å². The van der Waals surface area contributed by atoms with Gasteiger partial charge in [-0.2, -0.15) is 0 Å². The summed E-state index contributed by atoms with van der Waals surface area (Å²) in [5.41, 5.74) is 0. The second kappa shape index (κ2) is 3.06. The summed E-state index contributed by atoms with van der Waals surface area (Å²) >= 11 is 0. The van der Waals surface area contributed by atoms with Gasteiger partial charge in [0, 0.05) is 0 Å². The molecule has 1 heterocycles. The summed E-state index contributed by atoms with van der Waals surface area (Å²) in [6, 6.07) is 0. The molecule has 0 radical (unpaired) electrons. The van der Waals surface area contributed by atoms with Crippen LogP contribution in [-0.2, 0) is 6.54 Å².